The smallest absolute Gasteiger partial charge is 0.110 e. The lowest BCUT2D eigenvalue weighted by Crippen LogP contribution is -2.19. The fourth-order valence-corrected chi connectivity index (χ4v) is 3.63. The average molecular weight is 313 g/mol. The summed E-state index contributed by atoms with van der Waals surface area (Å²) >= 11 is 0. The number of pyridine rings is 1. The van der Waals surface area contributed by atoms with Crippen molar-refractivity contribution in [3.8, 4) is 0 Å². The van der Waals surface area contributed by atoms with Crippen LogP contribution in [0.25, 0.3) is 38.7 Å². The Morgan fingerprint density at radius 3 is 2.58 bits per heavy atom. The molecule has 0 unspecified atom stereocenters. The second-order valence-corrected chi connectivity index (χ2v) is 6.28. The van der Waals surface area contributed by atoms with Gasteiger partial charge >= 0.3 is 0 Å². The van der Waals surface area contributed by atoms with Crippen LogP contribution in [0, 0.1) is 0 Å². The van der Waals surface area contributed by atoms with Gasteiger partial charge in [-0.15, -0.1) is 0 Å². The van der Waals surface area contributed by atoms with Gasteiger partial charge in [0.05, 0.1) is 11.0 Å². The zero-order valence-corrected chi connectivity index (χ0v) is 12.8. The van der Waals surface area contributed by atoms with Crippen molar-refractivity contribution in [3.63, 3.8) is 0 Å². The van der Waals surface area contributed by atoms with Crippen molar-refractivity contribution in [1.82, 2.24) is 4.98 Å². The number of rotatable bonds is 0. The monoisotopic (exact) mass is 313 g/mol. The summed E-state index contributed by atoms with van der Waals surface area (Å²) in [5, 5.41) is 24.6. The quantitative estimate of drug-likeness (QED) is 0.381. The van der Waals surface area contributed by atoms with Gasteiger partial charge < -0.3 is 10.2 Å². The minimum atomic E-state index is -0.923. The van der Waals surface area contributed by atoms with Gasteiger partial charge in [0.15, 0.2) is 0 Å². The Morgan fingerprint density at radius 2 is 1.67 bits per heavy atom. The molecule has 0 aliphatic heterocycles. The third-order valence-corrected chi connectivity index (χ3v) is 4.85. The Kier molecular flexibility index (Phi) is 2.77. The average Bonchev–Trinajstić information content (AvgIpc) is 2.62. The molecule has 0 radical (unpaired) electrons. The molecule has 0 bridgehead atoms. The molecule has 2 atom stereocenters. The van der Waals surface area contributed by atoms with Crippen LogP contribution in [0.5, 0.6) is 0 Å². The van der Waals surface area contributed by atoms with Gasteiger partial charge in [0.2, 0.25) is 0 Å². The van der Waals surface area contributed by atoms with Gasteiger partial charge in [0.25, 0.3) is 0 Å². The Labute approximate surface area is 138 Å². The number of fused-ring (bicyclic) bond motifs is 6. The lowest BCUT2D eigenvalue weighted by Gasteiger charge is -2.23. The Morgan fingerprint density at radius 1 is 0.833 bits per heavy atom. The SMILES string of the molecule is O[C@H]1C=Cc2ccc3nc4c(ccc5ccccc54)cc3c2[C@@H]1O. The maximum absolute atomic E-state index is 10.4. The third-order valence-electron chi connectivity index (χ3n) is 4.85. The normalized spacial score (nSPS) is 19.9. The summed E-state index contributed by atoms with van der Waals surface area (Å²) in [7, 11) is 0. The highest BCUT2D eigenvalue weighted by molar-refractivity contribution is 6.09. The van der Waals surface area contributed by atoms with Crippen molar-refractivity contribution in [2.45, 2.75) is 12.2 Å². The predicted molar refractivity (Wildman–Crippen MR) is 96.8 cm³/mol. The summed E-state index contributed by atoms with van der Waals surface area (Å²) in [4.78, 5) is 4.86. The number of aromatic nitrogens is 1. The minimum Gasteiger partial charge on any atom is -0.386 e. The first-order valence-corrected chi connectivity index (χ1v) is 8.02. The van der Waals surface area contributed by atoms with Gasteiger partial charge in [-0.3, -0.25) is 0 Å². The maximum atomic E-state index is 10.4. The molecule has 116 valence electrons. The summed E-state index contributed by atoms with van der Waals surface area (Å²) in [6, 6.07) is 18.3. The van der Waals surface area contributed by atoms with Gasteiger partial charge in [0.1, 0.15) is 12.2 Å². The standard InChI is InChI=1S/C21H15NO2/c23-18-10-8-13-7-9-17-16(19(13)21(18)24)11-14-6-5-12-3-1-2-4-15(12)20(14)22-17/h1-11,18,21,23-24H/t18-,21+/m0/s1. The van der Waals surface area contributed by atoms with Crippen molar-refractivity contribution < 1.29 is 10.2 Å². The number of aliphatic hydroxyl groups excluding tert-OH is 2. The first-order valence-electron chi connectivity index (χ1n) is 8.02. The molecule has 0 saturated heterocycles. The van der Waals surface area contributed by atoms with Gasteiger partial charge in [-0.1, -0.05) is 54.6 Å². The molecule has 5 rings (SSSR count). The number of aliphatic hydroxyl groups is 2. The highest BCUT2D eigenvalue weighted by Crippen LogP contribution is 2.36. The molecule has 4 aromatic rings. The first kappa shape index (κ1) is 13.7. The molecular weight excluding hydrogens is 298 g/mol. The lowest BCUT2D eigenvalue weighted by atomic mass is 9.89. The molecule has 3 nitrogen and oxygen atoms in total. The highest BCUT2D eigenvalue weighted by atomic mass is 16.3. The van der Waals surface area contributed by atoms with Crippen molar-refractivity contribution in [2.24, 2.45) is 0 Å². The minimum absolute atomic E-state index is 0.755. The number of nitrogens with zero attached hydrogens (tertiary/aromatic N) is 1. The van der Waals surface area contributed by atoms with E-state index in [0.717, 1.165) is 43.7 Å². The van der Waals surface area contributed by atoms with E-state index in [1.807, 2.05) is 30.3 Å². The van der Waals surface area contributed by atoms with E-state index in [1.54, 1.807) is 6.08 Å². The van der Waals surface area contributed by atoms with E-state index in [2.05, 4.69) is 30.3 Å². The zero-order chi connectivity index (χ0) is 16.3. The molecule has 0 spiro atoms. The molecular formula is C21H15NO2. The Hall–Kier alpha value is -2.75. The first-order chi connectivity index (χ1) is 11.7. The number of benzene rings is 3. The van der Waals surface area contributed by atoms with E-state index in [9.17, 15) is 10.2 Å². The number of hydrogen-bond donors (Lipinski definition) is 2. The molecule has 0 amide bonds. The molecule has 1 aliphatic carbocycles. The van der Waals surface area contributed by atoms with Gasteiger partial charge in [-0.2, -0.15) is 0 Å². The topological polar surface area (TPSA) is 53.4 Å². The predicted octanol–water partition coefficient (Wildman–Crippen LogP) is 3.96. The molecule has 0 saturated carbocycles. The lowest BCUT2D eigenvalue weighted by molar-refractivity contribution is 0.0480. The molecule has 0 fully saturated rings. The summed E-state index contributed by atoms with van der Waals surface area (Å²) < 4.78 is 0. The molecule has 3 heteroatoms. The maximum Gasteiger partial charge on any atom is 0.110 e. The zero-order valence-electron chi connectivity index (χ0n) is 12.8. The van der Waals surface area contributed by atoms with Crippen LogP contribution in [0.2, 0.25) is 0 Å². The van der Waals surface area contributed by atoms with Crippen LogP contribution in [-0.2, 0) is 0 Å². The molecule has 24 heavy (non-hydrogen) atoms. The van der Waals surface area contributed by atoms with E-state index >= 15 is 0 Å². The van der Waals surface area contributed by atoms with Crippen LogP contribution in [0.1, 0.15) is 17.2 Å². The van der Waals surface area contributed by atoms with Crippen molar-refractivity contribution in [1.29, 1.82) is 0 Å². The van der Waals surface area contributed by atoms with E-state index in [-0.39, 0.29) is 0 Å². The highest BCUT2D eigenvalue weighted by Gasteiger charge is 2.25. The number of hydrogen-bond acceptors (Lipinski definition) is 3. The molecule has 1 aliphatic rings. The summed E-state index contributed by atoms with van der Waals surface area (Å²) in [5.41, 5.74) is 3.48. The Balaban J connectivity index is 1.92. The van der Waals surface area contributed by atoms with Crippen LogP contribution in [0.15, 0.2) is 60.7 Å². The van der Waals surface area contributed by atoms with Crippen LogP contribution >= 0.6 is 0 Å². The second-order valence-electron chi connectivity index (χ2n) is 6.28. The van der Waals surface area contributed by atoms with Gasteiger partial charge in [-0.25, -0.2) is 4.98 Å². The van der Waals surface area contributed by atoms with Crippen LogP contribution < -0.4 is 0 Å². The van der Waals surface area contributed by atoms with E-state index in [1.165, 1.54) is 0 Å². The van der Waals surface area contributed by atoms with Crippen molar-refractivity contribution in [2.75, 3.05) is 0 Å². The molecule has 1 heterocycles. The summed E-state index contributed by atoms with van der Waals surface area (Å²) in [6.45, 7) is 0. The van der Waals surface area contributed by atoms with Crippen molar-refractivity contribution in [3.05, 3.63) is 71.8 Å². The second kappa shape index (κ2) is 4.87. The van der Waals surface area contributed by atoms with Crippen LogP contribution in [0.3, 0.4) is 0 Å². The van der Waals surface area contributed by atoms with E-state index in [4.69, 9.17) is 4.98 Å². The third kappa shape index (κ3) is 1.83. The fraction of sp³-hybridized carbons (Fsp3) is 0.0952. The van der Waals surface area contributed by atoms with Gasteiger partial charge in [-0.05, 0) is 23.1 Å². The van der Waals surface area contributed by atoms with Crippen LogP contribution in [-0.4, -0.2) is 21.3 Å². The van der Waals surface area contributed by atoms with Crippen LogP contribution in [0.4, 0.5) is 0 Å². The molecule has 1 aromatic heterocycles. The summed E-state index contributed by atoms with van der Waals surface area (Å²) in [6.07, 6.45) is 1.68. The van der Waals surface area contributed by atoms with Gasteiger partial charge in [0, 0.05) is 21.7 Å². The largest absolute Gasteiger partial charge is 0.386 e. The van der Waals surface area contributed by atoms with E-state index in [0.29, 0.717) is 0 Å². The molecule has 3 aromatic carbocycles. The fourth-order valence-electron chi connectivity index (χ4n) is 3.63. The Bertz CT molecular complexity index is 1150. The van der Waals surface area contributed by atoms with E-state index < -0.39 is 12.2 Å². The van der Waals surface area contributed by atoms with Crippen molar-refractivity contribution >= 4 is 38.7 Å². The summed E-state index contributed by atoms with van der Waals surface area (Å²) in [5.74, 6) is 0. The molecule has 2 N–H and O–H groups in total.